The van der Waals surface area contributed by atoms with Crippen molar-refractivity contribution in [1.82, 2.24) is 9.97 Å². The molecule has 5 heteroatoms. The molecule has 0 radical (unpaired) electrons. The van der Waals surface area contributed by atoms with Gasteiger partial charge in [0, 0.05) is 0 Å². The van der Waals surface area contributed by atoms with E-state index in [0.29, 0.717) is 5.82 Å². The number of para-hydroxylation sites is 2. The van der Waals surface area contributed by atoms with E-state index in [0.717, 1.165) is 11.4 Å². The molecule has 84 valence electrons. The standard InChI is InChI=1S/C12H10N4O/c1-17-11-5-3-2-4-10(11)16-12-8-14-9(6-13)7-15-12/h2-5,7-8H,1H3,(H,15,16). The predicted octanol–water partition coefficient (Wildman–Crippen LogP) is 2.10. The fourth-order valence-electron chi connectivity index (χ4n) is 1.34. The Labute approximate surface area is 98.7 Å². The van der Waals surface area contributed by atoms with Gasteiger partial charge in [0.2, 0.25) is 0 Å². The van der Waals surface area contributed by atoms with Gasteiger partial charge in [-0.05, 0) is 12.1 Å². The Morgan fingerprint density at radius 3 is 2.71 bits per heavy atom. The average Bonchev–Trinajstić information content (AvgIpc) is 2.40. The second-order valence-corrected chi connectivity index (χ2v) is 3.22. The van der Waals surface area contributed by atoms with Gasteiger partial charge in [0.25, 0.3) is 0 Å². The highest BCUT2D eigenvalue weighted by atomic mass is 16.5. The maximum Gasteiger partial charge on any atom is 0.158 e. The van der Waals surface area contributed by atoms with Gasteiger partial charge < -0.3 is 10.1 Å². The van der Waals surface area contributed by atoms with Crippen LogP contribution in [0.25, 0.3) is 0 Å². The first-order valence-electron chi connectivity index (χ1n) is 4.95. The summed E-state index contributed by atoms with van der Waals surface area (Å²) in [5.74, 6) is 1.28. The van der Waals surface area contributed by atoms with Crippen LogP contribution in [0.4, 0.5) is 11.5 Å². The SMILES string of the molecule is COc1ccccc1Nc1cnc(C#N)cn1. The maximum absolute atomic E-state index is 8.61. The van der Waals surface area contributed by atoms with Crippen molar-refractivity contribution < 1.29 is 4.74 Å². The van der Waals surface area contributed by atoms with Gasteiger partial charge in [-0.25, -0.2) is 9.97 Å². The van der Waals surface area contributed by atoms with Crippen LogP contribution < -0.4 is 10.1 Å². The number of hydrogen-bond acceptors (Lipinski definition) is 5. The minimum Gasteiger partial charge on any atom is -0.495 e. The summed E-state index contributed by atoms with van der Waals surface area (Å²) in [7, 11) is 1.60. The number of hydrogen-bond donors (Lipinski definition) is 1. The topological polar surface area (TPSA) is 70.8 Å². The quantitative estimate of drug-likeness (QED) is 0.867. The largest absolute Gasteiger partial charge is 0.495 e. The van der Waals surface area contributed by atoms with Gasteiger partial charge in [-0.2, -0.15) is 5.26 Å². The van der Waals surface area contributed by atoms with E-state index in [1.54, 1.807) is 7.11 Å². The van der Waals surface area contributed by atoms with E-state index in [1.807, 2.05) is 30.3 Å². The Morgan fingerprint density at radius 1 is 1.24 bits per heavy atom. The summed E-state index contributed by atoms with van der Waals surface area (Å²) in [5.41, 5.74) is 1.09. The van der Waals surface area contributed by atoms with Crippen LogP contribution in [0.1, 0.15) is 5.69 Å². The molecule has 0 unspecified atom stereocenters. The molecular weight excluding hydrogens is 216 g/mol. The van der Waals surface area contributed by atoms with Crippen molar-refractivity contribution in [2.45, 2.75) is 0 Å². The lowest BCUT2D eigenvalue weighted by atomic mass is 10.3. The van der Waals surface area contributed by atoms with Crippen LogP contribution in [-0.2, 0) is 0 Å². The summed E-state index contributed by atoms with van der Waals surface area (Å²) < 4.78 is 5.20. The zero-order chi connectivity index (χ0) is 12.1. The summed E-state index contributed by atoms with van der Waals surface area (Å²) in [4.78, 5) is 7.99. The molecule has 0 aliphatic heterocycles. The second-order valence-electron chi connectivity index (χ2n) is 3.22. The van der Waals surface area contributed by atoms with Crippen LogP contribution in [0.15, 0.2) is 36.7 Å². The number of aromatic nitrogens is 2. The number of nitrogens with one attached hydrogen (secondary N) is 1. The van der Waals surface area contributed by atoms with E-state index in [2.05, 4.69) is 15.3 Å². The maximum atomic E-state index is 8.61. The summed E-state index contributed by atoms with van der Waals surface area (Å²) in [6, 6.07) is 9.41. The monoisotopic (exact) mass is 226 g/mol. The van der Waals surface area contributed by atoms with Crippen LogP contribution >= 0.6 is 0 Å². The Hall–Kier alpha value is -2.61. The first-order chi connectivity index (χ1) is 8.33. The Bertz CT molecular complexity index is 545. The van der Waals surface area contributed by atoms with Crippen molar-refractivity contribution in [3.05, 3.63) is 42.4 Å². The Kier molecular flexibility index (Phi) is 3.17. The summed E-state index contributed by atoms with van der Waals surface area (Å²) >= 11 is 0. The van der Waals surface area contributed by atoms with E-state index in [4.69, 9.17) is 10.00 Å². The Balaban J connectivity index is 2.22. The zero-order valence-corrected chi connectivity index (χ0v) is 9.21. The van der Waals surface area contributed by atoms with Gasteiger partial charge in [-0.1, -0.05) is 12.1 Å². The molecule has 1 heterocycles. The van der Waals surface area contributed by atoms with Gasteiger partial charge in [0.05, 0.1) is 25.2 Å². The predicted molar refractivity (Wildman–Crippen MR) is 63.0 cm³/mol. The van der Waals surface area contributed by atoms with E-state index in [9.17, 15) is 0 Å². The molecule has 17 heavy (non-hydrogen) atoms. The van der Waals surface area contributed by atoms with E-state index >= 15 is 0 Å². The molecule has 1 N–H and O–H groups in total. The lowest BCUT2D eigenvalue weighted by molar-refractivity contribution is 0.417. The summed E-state index contributed by atoms with van der Waals surface area (Å²) in [6.45, 7) is 0. The number of rotatable bonds is 3. The molecule has 0 saturated heterocycles. The zero-order valence-electron chi connectivity index (χ0n) is 9.21. The molecule has 0 aliphatic carbocycles. The highest BCUT2D eigenvalue weighted by molar-refractivity contribution is 5.63. The van der Waals surface area contributed by atoms with Crippen LogP contribution in [0.2, 0.25) is 0 Å². The summed E-state index contributed by atoms with van der Waals surface area (Å²) in [6.07, 6.45) is 2.92. The third kappa shape index (κ3) is 2.49. The molecule has 0 saturated carbocycles. The van der Waals surface area contributed by atoms with E-state index in [-0.39, 0.29) is 5.69 Å². The van der Waals surface area contributed by atoms with Gasteiger partial charge >= 0.3 is 0 Å². The molecule has 0 bridgehead atoms. The number of nitrogens with zero attached hydrogens (tertiary/aromatic N) is 3. The van der Waals surface area contributed by atoms with Gasteiger partial charge in [0.1, 0.15) is 17.6 Å². The van der Waals surface area contributed by atoms with Gasteiger partial charge in [0.15, 0.2) is 5.69 Å². The van der Waals surface area contributed by atoms with Crippen molar-refractivity contribution in [3.8, 4) is 11.8 Å². The normalized spacial score (nSPS) is 9.41. The fourth-order valence-corrected chi connectivity index (χ4v) is 1.34. The third-order valence-electron chi connectivity index (χ3n) is 2.14. The third-order valence-corrected chi connectivity index (χ3v) is 2.14. The molecule has 1 aromatic carbocycles. The minimum atomic E-state index is 0.288. The molecule has 0 fully saturated rings. The number of ether oxygens (including phenoxy) is 1. The smallest absolute Gasteiger partial charge is 0.158 e. The first kappa shape index (κ1) is 10.9. The molecule has 2 rings (SSSR count). The molecule has 0 aliphatic rings. The number of anilines is 2. The molecule has 0 spiro atoms. The number of benzene rings is 1. The van der Waals surface area contributed by atoms with Crippen LogP contribution in [0.5, 0.6) is 5.75 Å². The van der Waals surface area contributed by atoms with Crippen LogP contribution in [0, 0.1) is 11.3 Å². The molecular formula is C12H10N4O. The van der Waals surface area contributed by atoms with E-state index in [1.165, 1.54) is 12.4 Å². The molecule has 0 atom stereocenters. The van der Waals surface area contributed by atoms with Crippen LogP contribution in [-0.4, -0.2) is 17.1 Å². The lowest BCUT2D eigenvalue weighted by Crippen LogP contribution is -1.97. The van der Waals surface area contributed by atoms with Crippen molar-refractivity contribution >= 4 is 11.5 Å². The van der Waals surface area contributed by atoms with Gasteiger partial charge in [-0.15, -0.1) is 0 Å². The lowest BCUT2D eigenvalue weighted by Gasteiger charge is -2.09. The van der Waals surface area contributed by atoms with Crippen molar-refractivity contribution in [2.24, 2.45) is 0 Å². The first-order valence-corrected chi connectivity index (χ1v) is 4.95. The Morgan fingerprint density at radius 2 is 2.06 bits per heavy atom. The second kappa shape index (κ2) is 4.94. The van der Waals surface area contributed by atoms with Crippen LogP contribution in [0.3, 0.4) is 0 Å². The number of methoxy groups -OCH3 is 1. The molecule has 0 amide bonds. The van der Waals surface area contributed by atoms with E-state index < -0.39 is 0 Å². The van der Waals surface area contributed by atoms with Crippen molar-refractivity contribution in [1.29, 1.82) is 5.26 Å². The minimum absolute atomic E-state index is 0.288. The molecule has 2 aromatic rings. The number of nitriles is 1. The van der Waals surface area contributed by atoms with Crippen molar-refractivity contribution in [3.63, 3.8) is 0 Å². The highest BCUT2D eigenvalue weighted by Gasteiger charge is 2.02. The highest BCUT2D eigenvalue weighted by Crippen LogP contribution is 2.25. The van der Waals surface area contributed by atoms with Crippen molar-refractivity contribution in [2.75, 3.05) is 12.4 Å². The summed E-state index contributed by atoms with van der Waals surface area (Å²) in [5, 5.41) is 11.7. The fraction of sp³-hybridized carbons (Fsp3) is 0.0833. The average molecular weight is 226 g/mol. The van der Waals surface area contributed by atoms with Gasteiger partial charge in [-0.3, -0.25) is 0 Å². The molecule has 1 aromatic heterocycles. The molecule has 5 nitrogen and oxygen atoms in total.